The van der Waals surface area contributed by atoms with Crippen molar-refractivity contribution in [2.75, 3.05) is 26.2 Å². The minimum Gasteiger partial charge on any atom is -0.394 e. The average molecular weight is 419 g/mol. The first kappa shape index (κ1) is 23.6. The molecule has 3 heterocycles. The molecule has 3 N–H and O–H groups in total. The van der Waals surface area contributed by atoms with E-state index in [2.05, 4.69) is 4.98 Å². The van der Waals surface area contributed by atoms with Crippen molar-refractivity contribution >= 4 is 36.6 Å². The molecule has 27 heavy (non-hydrogen) atoms. The number of pyridine rings is 1. The highest BCUT2D eigenvalue weighted by Gasteiger charge is 2.42. The van der Waals surface area contributed by atoms with Crippen LogP contribution in [0.15, 0.2) is 24.5 Å². The Morgan fingerprint density at radius 1 is 1.30 bits per heavy atom. The fourth-order valence-electron chi connectivity index (χ4n) is 3.88. The molecule has 1 atom stereocenters. The lowest BCUT2D eigenvalue weighted by Crippen LogP contribution is -2.54. The highest BCUT2D eigenvalue weighted by Crippen LogP contribution is 2.40. The van der Waals surface area contributed by atoms with E-state index in [1.54, 1.807) is 17.3 Å². The van der Waals surface area contributed by atoms with Gasteiger partial charge >= 0.3 is 0 Å². The number of halogens is 2. The minimum absolute atomic E-state index is 0. The molecule has 0 aromatic carbocycles. The summed E-state index contributed by atoms with van der Waals surface area (Å²) < 4.78 is 0. The Balaban J connectivity index is 0.00000182. The van der Waals surface area contributed by atoms with Crippen molar-refractivity contribution in [2.45, 2.75) is 38.3 Å². The van der Waals surface area contributed by atoms with Crippen molar-refractivity contribution in [2.24, 2.45) is 11.1 Å². The number of carbonyl (C=O) groups is 2. The van der Waals surface area contributed by atoms with E-state index in [-0.39, 0.29) is 48.7 Å². The summed E-state index contributed by atoms with van der Waals surface area (Å²) in [4.78, 5) is 32.2. The monoisotopic (exact) mass is 418 g/mol. The zero-order valence-corrected chi connectivity index (χ0v) is 16.9. The van der Waals surface area contributed by atoms with E-state index in [4.69, 9.17) is 10.8 Å². The van der Waals surface area contributed by atoms with Crippen molar-refractivity contribution in [1.82, 2.24) is 14.8 Å². The summed E-state index contributed by atoms with van der Waals surface area (Å²) in [6, 6.07) is 3.04. The van der Waals surface area contributed by atoms with Gasteiger partial charge in [0.2, 0.25) is 11.8 Å². The molecule has 2 aliphatic rings. The van der Waals surface area contributed by atoms with Gasteiger partial charge in [-0.1, -0.05) is 6.07 Å². The predicted molar refractivity (Wildman–Crippen MR) is 107 cm³/mol. The van der Waals surface area contributed by atoms with Gasteiger partial charge in [0.05, 0.1) is 6.61 Å². The largest absolute Gasteiger partial charge is 0.394 e. The standard InChI is InChI=1S/C18H26N4O3.2ClH/c19-15(12-23)17(25)21-8-5-18(6-9-21)4-3-16(24)22(13-18)11-14-2-1-7-20-10-14;;/h1-2,7,10,15,23H,3-6,8-9,11-13,19H2;2*1H/t15-;;/m0../s1. The minimum atomic E-state index is -0.830. The van der Waals surface area contributed by atoms with Crippen LogP contribution >= 0.6 is 24.8 Å². The highest BCUT2D eigenvalue weighted by atomic mass is 35.5. The van der Waals surface area contributed by atoms with Gasteiger partial charge in [-0.25, -0.2) is 0 Å². The number of piperidine rings is 2. The molecule has 2 aliphatic heterocycles. The molecule has 1 aromatic rings. The molecule has 9 heteroatoms. The number of hydrogen-bond donors (Lipinski definition) is 2. The van der Waals surface area contributed by atoms with Crippen LogP contribution in [0.1, 0.15) is 31.2 Å². The Labute approximate surface area is 172 Å². The third-order valence-electron chi connectivity index (χ3n) is 5.49. The Morgan fingerprint density at radius 3 is 2.59 bits per heavy atom. The number of likely N-dealkylation sites (tertiary alicyclic amines) is 2. The lowest BCUT2D eigenvalue weighted by Gasteiger charge is -2.47. The van der Waals surface area contributed by atoms with Gasteiger partial charge in [0.25, 0.3) is 0 Å². The van der Waals surface area contributed by atoms with Gasteiger partial charge in [-0.05, 0) is 36.3 Å². The third kappa shape index (κ3) is 5.54. The number of aliphatic hydroxyl groups is 1. The maximum Gasteiger partial charge on any atom is 0.241 e. The molecule has 0 radical (unpaired) electrons. The molecular formula is C18H28Cl2N4O3. The van der Waals surface area contributed by atoms with Crippen LogP contribution in [-0.4, -0.2) is 64.0 Å². The number of nitrogens with zero attached hydrogens (tertiary/aromatic N) is 3. The zero-order chi connectivity index (χ0) is 17.9. The van der Waals surface area contributed by atoms with Crippen LogP contribution in [0.4, 0.5) is 0 Å². The first-order chi connectivity index (χ1) is 12.0. The van der Waals surface area contributed by atoms with Crippen molar-refractivity contribution in [1.29, 1.82) is 0 Å². The van der Waals surface area contributed by atoms with Gasteiger partial charge in [0.15, 0.2) is 0 Å². The number of carbonyl (C=O) groups excluding carboxylic acids is 2. The van der Waals surface area contributed by atoms with Crippen molar-refractivity contribution in [3.8, 4) is 0 Å². The summed E-state index contributed by atoms with van der Waals surface area (Å²) in [6.45, 7) is 2.28. The third-order valence-corrected chi connectivity index (χ3v) is 5.49. The summed E-state index contributed by atoms with van der Waals surface area (Å²) in [5.41, 5.74) is 6.76. The van der Waals surface area contributed by atoms with Crippen LogP contribution in [0.3, 0.4) is 0 Å². The Kier molecular flexibility index (Phi) is 8.94. The number of rotatable bonds is 4. The SMILES string of the molecule is Cl.Cl.N[C@@H](CO)C(=O)N1CCC2(CCC(=O)N(Cc3cccnc3)C2)CC1. The number of hydrogen-bond acceptors (Lipinski definition) is 5. The quantitative estimate of drug-likeness (QED) is 0.758. The van der Waals surface area contributed by atoms with Gasteiger partial charge < -0.3 is 20.6 Å². The first-order valence-electron chi connectivity index (χ1n) is 8.85. The topological polar surface area (TPSA) is 99.8 Å². The first-order valence-corrected chi connectivity index (χ1v) is 8.85. The zero-order valence-electron chi connectivity index (χ0n) is 15.2. The average Bonchev–Trinajstić information content (AvgIpc) is 2.65. The van der Waals surface area contributed by atoms with E-state index in [1.165, 1.54) is 0 Å². The maximum atomic E-state index is 12.3. The molecule has 0 unspecified atom stereocenters. The van der Waals surface area contributed by atoms with Crippen molar-refractivity contribution in [3.63, 3.8) is 0 Å². The maximum absolute atomic E-state index is 12.3. The molecule has 0 bridgehead atoms. The molecule has 0 saturated carbocycles. The Hall–Kier alpha value is -1.41. The van der Waals surface area contributed by atoms with Gasteiger partial charge in [0.1, 0.15) is 6.04 Å². The second-order valence-electron chi connectivity index (χ2n) is 7.23. The normalized spacial score (nSPS) is 19.9. The Bertz CT molecular complexity index is 624. The molecule has 152 valence electrons. The van der Waals surface area contributed by atoms with Crippen LogP contribution < -0.4 is 5.73 Å². The summed E-state index contributed by atoms with van der Waals surface area (Å²) in [6.07, 6.45) is 6.70. The molecule has 2 saturated heterocycles. The molecule has 3 rings (SSSR count). The fourth-order valence-corrected chi connectivity index (χ4v) is 3.88. The van der Waals surface area contributed by atoms with E-state index >= 15 is 0 Å². The van der Waals surface area contributed by atoms with E-state index < -0.39 is 6.04 Å². The molecular weight excluding hydrogens is 391 g/mol. The second-order valence-corrected chi connectivity index (χ2v) is 7.23. The van der Waals surface area contributed by atoms with Crippen LogP contribution in [0.5, 0.6) is 0 Å². The highest BCUT2D eigenvalue weighted by molar-refractivity contribution is 5.85. The van der Waals surface area contributed by atoms with E-state index in [9.17, 15) is 9.59 Å². The summed E-state index contributed by atoms with van der Waals surface area (Å²) in [5, 5.41) is 9.06. The number of amides is 2. The van der Waals surface area contributed by atoms with Gasteiger partial charge in [-0.2, -0.15) is 0 Å². The van der Waals surface area contributed by atoms with Crippen molar-refractivity contribution < 1.29 is 14.7 Å². The molecule has 1 spiro atoms. The summed E-state index contributed by atoms with van der Waals surface area (Å²) in [7, 11) is 0. The molecule has 2 amide bonds. The lowest BCUT2D eigenvalue weighted by molar-refractivity contribution is -0.143. The van der Waals surface area contributed by atoms with E-state index in [1.807, 2.05) is 17.0 Å². The molecule has 0 aliphatic carbocycles. The van der Waals surface area contributed by atoms with E-state index in [0.717, 1.165) is 31.4 Å². The van der Waals surface area contributed by atoms with Crippen LogP contribution in [0, 0.1) is 5.41 Å². The van der Waals surface area contributed by atoms with Crippen molar-refractivity contribution in [3.05, 3.63) is 30.1 Å². The van der Waals surface area contributed by atoms with Gasteiger partial charge in [0, 0.05) is 45.0 Å². The molecule has 1 aromatic heterocycles. The number of nitrogens with two attached hydrogens (primary N) is 1. The molecule has 7 nitrogen and oxygen atoms in total. The smallest absolute Gasteiger partial charge is 0.241 e. The molecule has 2 fully saturated rings. The fraction of sp³-hybridized carbons (Fsp3) is 0.611. The van der Waals surface area contributed by atoms with Crippen LogP contribution in [0.25, 0.3) is 0 Å². The summed E-state index contributed by atoms with van der Waals surface area (Å²) in [5.74, 6) is 0.00624. The van der Waals surface area contributed by atoms with Gasteiger partial charge in [-0.15, -0.1) is 24.8 Å². The van der Waals surface area contributed by atoms with Gasteiger partial charge in [-0.3, -0.25) is 14.6 Å². The van der Waals surface area contributed by atoms with Crippen LogP contribution in [0.2, 0.25) is 0 Å². The predicted octanol–water partition coefficient (Wildman–Crippen LogP) is 0.976. The second kappa shape index (κ2) is 10.2. The summed E-state index contributed by atoms with van der Waals surface area (Å²) >= 11 is 0. The van der Waals surface area contributed by atoms with Crippen LogP contribution in [-0.2, 0) is 16.1 Å². The number of aromatic nitrogens is 1. The Morgan fingerprint density at radius 2 is 2.00 bits per heavy atom. The van der Waals surface area contributed by atoms with E-state index in [0.29, 0.717) is 26.1 Å². The number of aliphatic hydroxyl groups excluding tert-OH is 1. The lowest BCUT2D eigenvalue weighted by atomic mass is 9.72.